The summed E-state index contributed by atoms with van der Waals surface area (Å²) in [7, 11) is 0. The molecule has 0 atom stereocenters. The van der Waals surface area contributed by atoms with Crippen molar-refractivity contribution in [1.82, 2.24) is 4.98 Å². The van der Waals surface area contributed by atoms with E-state index in [1.807, 2.05) is 18.2 Å². The van der Waals surface area contributed by atoms with Gasteiger partial charge in [-0.05, 0) is 12.1 Å². The molecular weight excluding hydrogens is 166 g/mol. The van der Waals surface area contributed by atoms with Crippen LogP contribution in [0.5, 0.6) is 6.08 Å². The Morgan fingerprint density at radius 3 is 2.91 bits per heavy atom. The minimum absolute atomic E-state index is 0.0767. The average molecular weight is 170 g/mol. The van der Waals surface area contributed by atoms with E-state index in [-0.39, 0.29) is 6.08 Å². The van der Waals surface area contributed by atoms with Crippen LogP contribution >= 0.6 is 11.9 Å². The Morgan fingerprint density at radius 1 is 1.36 bits per heavy atom. The third-order valence-electron chi connectivity index (χ3n) is 1.34. The van der Waals surface area contributed by atoms with Gasteiger partial charge in [0.15, 0.2) is 5.58 Å². The Morgan fingerprint density at radius 2 is 2.18 bits per heavy atom. The van der Waals surface area contributed by atoms with Gasteiger partial charge in [-0.15, -0.1) is 0 Å². The summed E-state index contributed by atoms with van der Waals surface area (Å²) in [4.78, 5) is 3.91. The molecule has 56 valence electrons. The number of benzene rings is 1. The fraction of sp³-hybridized carbons (Fsp3) is 0. The number of fused-ring (bicyclic) bond motifs is 1. The lowest BCUT2D eigenvalue weighted by Crippen LogP contribution is -1.70. The van der Waals surface area contributed by atoms with Gasteiger partial charge < -0.3 is 8.71 Å². The van der Waals surface area contributed by atoms with E-state index in [1.165, 1.54) is 0 Å². The zero-order valence-corrected chi connectivity index (χ0v) is 6.21. The SMILES string of the molecule is ClOc1nc2ccccc2o1. The number of nitrogens with zero attached hydrogens (tertiary/aromatic N) is 1. The highest BCUT2D eigenvalue weighted by Gasteiger charge is 2.03. The highest BCUT2D eigenvalue weighted by molar-refractivity contribution is 6.08. The Bertz CT molecular complexity index is 338. The number of hydrogen-bond acceptors (Lipinski definition) is 3. The number of halogens is 1. The van der Waals surface area contributed by atoms with Gasteiger partial charge in [-0.25, -0.2) is 0 Å². The Balaban J connectivity index is 2.69. The summed E-state index contributed by atoms with van der Waals surface area (Å²) < 4.78 is 9.35. The Hall–Kier alpha value is -1.22. The van der Waals surface area contributed by atoms with Crippen molar-refractivity contribution < 1.29 is 8.71 Å². The maximum absolute atomic E-state index is 5.05. The van der Waals surface area contributed by atoms with E-state index in [1.54, 1.807) is 6.07 Å². The first-order valence-corrected chi connectivity index (χ1v) is 3.35. The second kappa shape index (κ2) is 2.43. The monoisotopic (exact) mass is 169 g/mol. The fourth-order valence-corrected chi connectivity index (χ4v) is 0.950. The van der Waals surface area contributed by atoms with Gasteiger partial charge in [0, 0.05) is 0 Å². The molecule has 0 saturated carbocycles. The van der Waals surface area contributed by atoms with Crippen molar-refractivity contribution in [2.45, 2.75) is 0 Å². The quantitative estimate of drug-likeness (QED) is 0.658. The summed E-state index contributed by atoms with van der Waals surface area (Å²) in [6.07, 6.45) is 0.0767. The molecule has 0 aliphatic rings. The first-order chi connectivity index (χ1) is 5.40. The second-order valence-electron chi connectivity index (χ2n) is 2.02. The average Bonchev–Trinajstić information content (AvgIpc) is 2.46. The van der Waals surface area contributed by atoms with Crippen LogP contribution in [0, 0.1) is 0 Å². The predicted octanol–water partition coefficient (Wildman–Crippen LogP) is 2.36. The highest BCUT2D eigenvalue weighted by atomic mass is 35.5. The minimum Gasteiger partial charge on any atom is -0.408 e. The van der Waals surface area contributed by atoms with Crippen molar-refractivity contribution in [2.24, 2.45) is 0 Å². The summed E-state index contributed by atoms with van der Waals surface area (Å²) in [6, 6.07) is 7.33. The van der Waals surface area contributed by atoms with Crippen LogP contribution in [-0.2, 0) is 0 Å². The van der Waals surface area contributed by atoms with Crippen LogP contribution in [0.4, 0.5) is 0 Å². The number of para-hydroxylation sites is 2. The Kier molecular flexibility index (Phi) is 1.43. The van der Waals surface area contributed by atoms with Crippen LogP contribution in [0.25, 0.3) is 11.1 Å². The van der Waals surface area contributed by atoms with Gasteiger partial charge in [-0.3, -0.25) is 0 Å². The lowest BCUT2D eigenvalue weighted by molar-refractivity contribution is 0.412. The van der Waals surface area contributed by atoms with E-state index >= 15 is 0 Å². The third kappa shape index (κ3) is 1.03. The number of rotatable bonds is 1. The molecule has 0 fully saturated rings. The Labute approximate surface area is 67.7 Å². The zero-order valence-electron chi connectivity index (χ0n) is 5.45. The van der Waals surface area contributed by atoms with Crippen LogP contribution in [0.1, 0.15) is 0 Å². The summed E-state index contributed by atoms with van der Waals surface area (Å²) in [5.74, 6) is 0. The van der Waals surface area contributed by atoms with Gasteiger partial charge in [0.2, 0.25) is 0 Å². The topological polar surface area (TPSA) is 35.3 Å². The van der Waals surface area contributed by atoms with E-state index in [2.05, 4.69) is 9.27 Å². The standard InChI is InChI=1S/C7H4ClNO2/c8-11-7-9-5-3-1-2-4-6(5)10-7/h1-4H. The summed E-state index contributed by atoms with van der Waals surface area (Å²) in [6.45, 7) is 0. The first kappa shape index (κ1) is 6.49. The van der Waals surface area contributed by atoms with Gasteiger partial charge in [0.25, 0.3) is 0 Å². The molecule has 0 aliphatic carbocycles. The van der Waals surface area contributed by atoms with Crippen LogP contribution in [0.15, 0.2) is 28.7 Å². The minimum atomic E-state index is 0.0767. The normalized spacial score (nSPS) is 10.3. The molecule has 2 rings (SSSR count). The van der Waals surface area contributed by atoms with E-state index in [0.29, 0.717) is 5.58 Å². The van der Waals surface area contributed by atoms with Crippen molar-refractivity contribution in [3.63, 3.8) is 0 Å². The zero-order chi connectivity index (χ0) is 7.68. The molecule has 1 aromatic carbocycles. The van der Waals surface area contributed by atoms with Gasteiger partial charge in [-0.1, -0.05) is 12.1 Å². The molecule has 0 spiro atoms. The molecule has 0 bridgehead atoms. The molecule has 4 heteroatoms. The fourth-order valence-electron chi connectivity index (χ4n) is 0.884. The third-order valence-corrected chi connectivity index (χ3v) is 1.47. The van der Waals surface area contributed by atoms with Crippen molar-refractivity contribution in [1.29, 1.82) is 0 Å². The summed E-state index contributed by atoms with van der Waals surface area (Å²) in [5, 5.41) is 0. The molecule has 3 nitrogen and oxygen atoms in total. The van der Waals surface area contributed by atoms with E-state index < -0.39 is 0 Å². The number of aromatic nitrogens is 1. The molecule has 2 aromatic rings. The molecule has 0 aliphatic heterocycles. The van der Waals surface area contributed by atoms with Crippen molar-refractivity contribution in [2.75, 3.05) is 0 Å². The predicted molar refractivity (Wildman–Crippen MR) is 40.5 cm³/mol. The molecule has 0 N–H and O–H groups in total. The smallest absolute Gasteiger partial charge is 0.408 e. The second-order valence-corrected chi connectivity index (χ2v) is 2.18. The molecule has 0 saturated heterocycles. The lowest BCUT2D eigenvalue weighted by Gasteiger charge is -1.80. The van der Waals surface area contributed by atoms with Crippen molar-refractivity contribution in [3.8, 4) is 6.08 Å². The number of oxazole rings is 1. The van der Waals surface area contributed by atoms with Crippen LogP contribution in [-0.4, -0.2) is 4.98 Å². The number of hydrogen-bond donors (Lipinski definition) is 0. The largest absolute Gasteiger partial charge is 0.413 e. The van der Waals surface area contributed by atoms with Crippen LogP contribution in [0.3, 0.4) is 0 Å². The maximum Gasteiger partial charge on any atom is 0.413 e. The summed E-state index contributed by atoms with van der Waals surface area (Å²) >= 11 is 5.04. The molecule has 0 radical (unpaired) electrons. The van der Waals surface area contributed by atoms with Gasteiger partial charge in [0.05, 0.1) is 0 Å². The van der Waals surface area contributed by atoms with E-state index in [0.717, 1.165) is 5.52 Å². The van der Waals surface area contributed by atoms with E-state index in [4.69, 9.17) is 16.3 Å². The summed E-state index contributed by atoms with van der Waals surface area (Å²) in [5.41, 5.74) is 1.41. The molecular formula is C7H4ClNO2. The maximum atomic E-state index is 5.05. The first-order valence-electron chi connectivity index (χ1n) is 3.04. The molecule has 1 heterocycles. The molecule has 0 unspecified atom stereocenters. The van der Waals surface area contributed by atoms with Crippen molar-refractivity contribution in [3.05, 3.63) is 24.3 Å². The van der Waals surface area contributed by atoms with Gasteiger partial charge >= 0.3 is 6.08 Å². The van der Waals surface area contributed by atoms with Gasteiger partial charge in [-0.2, -0.15) is 4.98 Å². The van der Waals surface area contributed by atoms with Crippen LogP contribution < -0.4 is 4.29 Å². The van der Waals surface area contributed by atoms with Gasteiger partial charge in [0.1, 0.15) is 17.4 Å². The van der Waals surface area contributed by atoms with Crippen LogP contribution in [0.2, 0.25) is 0 Å². The van der Waals surface area contributed by atoms with Crippen molar-refractivity contribution >= 4 is 23.0 Å². The molecule has 0 amide bonds. The highest BCUT2D eigenvalue weighted by Crippen LogP contribution is 2.19. The molecule has 11 heavy (non-hydrogen) atoms. The van der Waals surface area contributed by atoms with E-state index in [9.17, 15) is 0 Å². The molecule has 1 aromatic heterocycles. The lowest BCUT2D eigenvalue weighted by atomic mass is 10.3.